The number of nitrogens with zero attached hydrogens (tertiary/aromatic N) is 3. The molecule has 0 radical (unpaired) electrons. The van der Waals surface area contributed by atoms with Gasteiger partial charge in [-0.25, -0.2) is 4.79 Å². The molecular weight excluding hydrogens is 234 g/mol. The number of rotatable bonds is 3. The lowest BCUT2D eigenvalue weighted by molar-refractivity contribution is 0.262. The van der Waals surface area contributed by atoms with Gasteiger partial charge in [-0.1, -0.05) is 12.1 Å². The van der Waals surface area contributed by atoms with Gasteiger partial charge in [0, 0.05) is 12.6 Å². The van der Waals surface area contributed by atoms with Crippen molar-refractivity contribution < 1.29 is 9.32 Å². The van der Waals surface area contributed by atoms with Crippen LogP contribution in [0.15, 0.2) is 22.9 Å². The number of aryl methyl sites for hydroxylation is 2. The summed E-state index contributed by atoms with van der Waals surface area (Å²) in [7, 11) is 0. The van der Waals surface area contributed by atoms with E-state index >= 15 is 0 Å². The Morgan fingerprint density at radius 1 is 1.44 bits per heavy atom. The molecule has 94 valence electrons. The average molecular weight is 247 g/mol. The summed E-state index contributed by atoms with van der Waals surface area (Å²) in [5, 5.41) is 16.5. The van der Waals surface area contributed by atoms with Crippen molar-refractivity contribution in [2.75, 3.05) is 10.6 Å². The molecule has 2 aromatic heterocycles. The number of urea groups is 1. The Balaban J connectivity index is 2.05. The summed E-state index contributed by atoms with van der Waals surface area (Å²) < 4.78 is 5.08. The van der Waals surface area contributed by atoms with E-state index in [0.29, 0.717) is 29.4 Å². The SMILES string of the molecule is CCc1onc(C)c1NC(=O)Nc1cccnn1. The van der Waals surface area contributed by atoms with Gasteiger partial charge in [-0.3, -0.25) is 5.32 Å². The summed E-state index contributed by atoms with van der Waals surface area (Å²) in [6.45, 7) is 3.69. The van der Waals surface area contributed by atoms with Crippen LogP contribution in [0.5, 0.6) is 0 Å². The van der Waals surface area contributed by atoms with E-state index in [0.717, 1.165) is 0 Å². The second kappa shape index (κ2) is 5.26. The number of hydrogen-bond acceptors (Lipinski definition) is 5. The van der Waals surface area contributed by atoms with E-state index in [-0.39, 0.29) is 0 Å². The summed E-state index contributed by atoms with van der Waals surface area (Å²) in [6.07, 6.45) is 2.18. The Kier molecular flexibility index (Phi) is 3.52. The standard InChI is InChI=1S/C11H13N5O2/c1-3-8-10(7(2)16-18-8)14-11(17)13-9-5-4-6-12-15-9/h4-6H,3H2,1-2H3,(H2,13,14,15,17). The third-order valence-electron chi connectivity index (χ3n) is 2.31. The number of nitrogens with one attached hydrogen (secondary N) is 2. The van der Waals surface area contributed by atoms with Crippen molar-refractivity contribution in [3.05, 3.63) is 29.8 Å². The maximum atomic E-state index is 11.7. The van der Waals surface area contributed by atoms with Crippen LogP contribution in [0.1, 0.15) is 18.4 Å². The molecule has 7 heteroatoms. The molecule has 0 bridgehead atoms. The fourth-order valence-electron chi connectivity index (χ4n) is 1.45. The minimum atomic E-state index is -0.406. The lowest BCUT2D eigenvalue weighted by Gasteiger charge is -2.05. The zero-order chi connectivity index (χ0) is 13.0. The second-order valence-corrected chi connectivity index (χ2v) is 3.61. The van der Waals surface area contributed by atoms with Gasteiger partial charge in [0.25, 0.3) is 0 Å². The molecule has 0 aliphatic heterocycles. The Bertz CT molecular complexity index is 538. The predicted molar refractivity (Wildman–Crippen MR) is 65.3 cm³/mol. The molecular formula is C11H13N5O2. The van der Waals surface area contributed by atoms with Crippen LogP contribution in [0.4, 0.5) is 16.3 Å². The maximum Gasteiger partial charge on any atom is 0.325 e. The van der Waals surface area contributed by atoms with Crippen LogP contribution in [-0.2, 0) is 6.42 Å². The highest BCUT2D eigenvalue weighted by atomic mass is 16.5. The average Bonchev–Trinajstić information content (AvgIpc) is 2.72. The van der Waals surface area contributed by atoms with E-state index in [1.54, 1.807) is 19.1 Å². The first kappa shape index (κ1) is 12.0. The third-order valence-corrected chi connectivity index (χ3v) is 2.31. The zero-order valence-electron chi connectivity index (χ0n) is 10.1. The number of carbonyl (C=O) groups is 1. The van der Waals surface area contributed by atoms with E-state index in [4.69, 9.17) is 4.52 Å². The molecule has 0 aliphatic carbocycles. The van der Waals surface area contributed by atoms with Gasteiger partial charge in [0.2, 0.25) is 0 Å². The summed E-state index contributed by atoms with van der Waals surface area (Å²) in [6, 6.07) is 2.93. The topological polar surface area (TPSA) is 92.9 Å². The monoisotopic (exact) mass is 247 g/mol. The first-order valence-electron chi connectivity index (χ1n) is 5.51. The number of anilines is 2. The van der Waals surface area contributed by atoms with Crippen molar-refractivity contribution in [3.63, 3.8) is 0 Å². The van der Waals surface area contributed by atoms with Crippen molar-refractivity contribution in [3.8, 4) is 0 Å². The number of aromatic nitrogens is 3. The molecule has 2 heterocycles. The number of amides is 2. The highest BCUT2D eigenvalue weighted by molar-refractivity contribution is 5.99. The molecule has 2 rings (SSSR count). The Labute approximate surface area is 104 Å². The Morgan fingerprint density at radius 3 is 2.94 bits per heavy atom. The van der Waals surface area contributed by atoms with Crippen LogP contribution in [0.3, 0.4) is 0 Å². The minimum absolute atomic E-state index is 0.377. The van der Waals surface area contributed by atoms with E-state index in [9.17, 15) is 4.79 Å². The van der Waals surface area contributed by atoms with Gasteiger partial charge in [-0.2, -0.15) is 5.10 Å². The summed E-state index contributed by atoms with van der Waals surface area (Å²) in [5.41, 5.74) is 1.24. The van der Waals surface area contributed by atoms with Crippen molar-refractivity contribution in [2.24, 2.45) is 0 Å². The van der Waals surface area contributed by atoms with E-state index in [2.05, 4.69) is 26.0 Å². The molecule has 0 saturated heterocycles. The van der Waals surface area contributed by atoms with Gasteiger partial charge < -0.3 is 9.84 Å². The van der Waals surface area contributed by atoms with Gasteiger partial charge >= 0.3 is 6.03 Å². The zero-order valence-corrected chi connectivity index (χ0v) is 10.1. The summed E-state index contributed by atoms with van der Waals surface area (Å²) in [5.74, 6) is 1.02. The van der Waals surface area contributed by atoms with Crippen LogP contribution >= 0.6 is 0 Å². The first-order chi connectivity index (χ1) is 8.70. The Hall–Kier alpha value is -2.44. The molecule has 0 unspecified atom stereocenters. The van der Waals surface area contributed by atoms with E-state index in [1.807, 2.05) is 6.92 Å². The molecule has 2 N–H and O–H groups in total. The highest BCUT2D eigenvalue weighted by Gasteiger charge is 2.14. The van der Waals surface area contributed by atoms with Crippen molar-refractivity contribution >= 4 is 17.5 Å². The maximum absolute atomic E-state index is 11.7. The van der Waals surface area contributed by atoms with Crippen LogP contribution in [-0.4, -0.2) is 21.4 Å². The minimum Gasteiger partial charge on any atom is -0.359 e. The smallest absolute Gasteiger partial charge is 0.325 e. The first-order valence-corrected chi connectivity index (χ1v) is 5.51. The fourth-order valence-corrected chi connectivity index (χ4v) is 1.45. The summed E-state index contributed by atoms with van der Waals surface area (Å²) >= 11 is 0. The molecule has 0 atom stereocenters. The van der Waals surface area contributed by atoms with Crippen LogP contribution in [0.25, 0.3) is 0 Å². The van der Waals surface area contributed by atoms with Crippen LogP contribution in [0.2, 0.25) is 0 Å². The van der Waals surface area contributed by atoms with Gasteiger partial charge in [0.1, 0.15) is 11.4 Å². The predicted octanol–water partition coefficient (Wildman–Crippen LogP) is 1.98. The lowest BCUT2D eigenvalue weighted by Crippen LogP contribution is -2.21. The molecule has 0 saturated carbocycles. The summed E-state index contributed by atoms with van der Waals surface area (Å²) in [4.78, 5) is 11.7. The van der Waals surface area contributed by atoms with Gasteiger partial charge in [0.05, 0.1) is 0 Å². The van der Waals surface area contributed by atoms with Crippen molar-refractivity contribution in [1.29, 1.82) is 0 Å². The second-order valence-electron chi connectivity index (χ2n) is 3.61. The third kappa shape index (κ3) is 2.62. The molecule has 0 aliphatic rings. The van der Waals surface area contributed by atoms with Crippen LogP contribution in [0, 0.1) is 6.92 Å². The van der Waals surface area contributed by atoms with Crippen LogP contribution < -0.4 is 10.6 Å². The van der Waals surface area contributed by atoms with E-state index < -0.39 is 6.03 Å². The Morgan fingerprint density at radius 2 is 2.28 bits per heavy atom. The van der Waals surface area contributed by atoms with Gasteiger partial charge in [0.15, 0.2) is 11.6 Å². The molecule has 2 amide bonds. The quantitative estimate of drug-likeness (QED) is 0.865. The molecule has 0 fully saturated rings. The lowest BCUT2D eigenvalue weighted by atomic mass is 10.2. The van der Waals surface area contributed by atoms with Gasteiger partial charge in [-0.15, -0.1) is 5.10 Å². The number of hydrogen-bond donors (Lipinski definition) is 2. The highest BCUT2D eigenvalue weighted by Crippen LogP contribution is 2.20. The molecule has 18 heavy (non-hydrogen) atoms. The van der Waals surface area contributed by atoms with E-state index in [1.165, 1.54) is 6.20 Å². The van der Waals surface area contributed by atoms with Crippen molar-refractivity contribution in [2.45, 2.75) is 20.3 Å². The molecule has 0 aromatic carbocycles. The van der Waals surface area contributed by atoms with Gasteiger partial charge in [-0.05, 0) is 19.1 Å². The van der Waals surface area contributed by atoms with Crippen molar-refractivity contribution in [1.82, 2.24) is 15.4 Å². The molecule has 0 spiro atoms. The molecule has 2 aromatic rings. The number of carbonyl (C=O) groups excluding carboxylic acids is 1. The fraction of sp³-hybridized carbons (Fsp3) is 0.273. The molecule has 7 nitrogen and oxygen atoms in total. The normalized spacial score (nSPS) is 10.1. The largest absolute Gasteiger partial charge is 0.359 e.